The summed E-state index contributed by atoms with van der Waals surface area (Å²) in [7, 11) is 0. The Bertz CT molecular complexity index is 684. The molecule has 2 saturated heterocycles. The molecule has 3 aliphatic rings. The summed E-state index contributed by atoms with van der Waals surface area (Å²) in [6, 6.07) is 7.64. The predicted octanol–water partition coefficient (Wildman–Crippen LogP) is 2.33. The van der Waals surface area contributed by atoms with E-state index in [0.717, 1.165) is 50.7 Å². The minimum atomic E-state index is -0.348. The molecule has 0 unspecified atom stereocenters. The maximum atomic E-state index is 11.9. The predicted molar refractivity (Wildman–Crippen MR) is 94.6 cm³/mol. The van der Waals surface area contributed by atoms with Crippen LogP contribution < -0.4 is 15.1 Å². The molecular weight excluding hydrogens is 318 g/mol. The number of aldehydes is 1. The Morgan fingerprint density at radius 3 is 2.24 bits per heavy atom. The van der Waals surface area contributed by atoms with E-state index in [1.807, 2.05) is 24.3 Å². The SMILES string of the molecule is O=CC1CC2(CCN(c3ccc(N4CCC(=O)NC4=O)cc3)CC2)C1. The number of hydrogen-bond donors (Lipinski definition) is 1. The number of urea groups is 1. The van der Waals surface area contributed by atoms with Gasteiger partial charge in [-0.25, -0.2) is 4.79 Å². The second kappa shape index (κ2) is 6.17. The maximum absolute atomic E-state index is 11.9. The first-order chi connectivity index (χ1) is 12.1. The molecule has 1 saturated carbocycles. The standard InChI is InChI=1S/C19H23N3O3/c23-13-14-11-19(12-14)6-9-21(10-7-19)15-1-3-16(4-2-15)22-8-5-17(24)20-18(22)25/h1-4,13-14H,5-12H2,(H,20,24,25). The topological polar surface area (TPSA) is 69.7 Å². The van der Waals surface area contributed by atoms with Gasteiger partial charge in [0, 0.05) is 43.3 Å². The second-order valence-corrected chi connectivity index (χ2v) is 7.56. The van der Waals surface area contributed by atoms with Crippen molar-refractivity contribution in [3.63, 3.8) is 0 Å². The molecular formula is C19H23N3O3. The minimum absolute atomic E-state index is 0.215. The van der Waals surface area contributed by atoms with Crippen molar-refractivity contribution < 1.29 is 14.4 Å². The summed E-state index contributed by atoms with van der Waals surface area (Å²) in [5.41, 5.74) is 2.38. The Hall–Kier alpha value is -2.37. The van der Waals surface area contributed by atoms with Gasteiger partial charge in [-0.3, -0.25) is 15.0 Å². The van der Waals surface area contributed by atoms with Gasteiger partial charge < -0.3 is 9.69 Å². The summed E-state index contributed by atoms with van der Waals surface area (Å²) >= 11 is 0. The van der Waals surface area contributed by atoms with Gasteiger partial charge in [-0.15, -0.1) is 0 Å². The van der Waals surface area contributed by atoms with Crippen molar-refractivity contribution in [1.82, 2.24) is 5.32 Å². The lowest BCUT2D eigenvalue weighted by atomic mass is 9.58. The number of hydrogen-bond acceptors (Lipinski definition) is 4. The molecule has 0 radical (unpaired) electrons. The van der Waals surface area contributed by atoms with Gasteiger partial charge in [0.1, 0.15) is 6.29 Å². The first-order valence-electron chi connectivity index (χ1n) is 9.00. The fraction of sp³-hybridized carbons (Fsp3) is 0.526. The first-order valence-corrected chi connectivity index (χ1v) is 9.00. The van der Waals surface area contributed by atoms with Gasteiger partial charge in [-0.05, 0) is 55.4 Å². The van der Waals surface area contributed by atoms with Crippen molar-refractivity contribution >= 4 is 29.6 Å². The van der Waals surface area contributed by atoms with Crippen LogP contribution in [0.25, 0.3) is 0 Å². The molecule has 4 rings (SSSR count). The lowest BCUT2D eigenvalue weighted by molar-refractivity contribution is -0.120. The highest BCUT2D eigenvalue weighted by molar-refractivity contribution is 6.05. The summed E-state index contributed by atoms with van der Waals surface area (Å²) in [6.45, 7) is 2.46. The number of amides is 3. The number of rotatable bonds is 3. The van der Waals surface area contributed by atoms with Crippen molar-refractivity contribution in [2.75, 3.05) is 29.4 Å². The second-order valence-electron chi connectivity index (χ2n) is 7.56. The quantitative estimate of drug-likeness (QED) is 0.857. The van der Waals surface area contributed by atoms with Crippen LogP contribution in [0, 0.1) is 11.3 Å². The van der Waals surface area contributed by atoms with Gasteiger partial charge in [0.2, 0.25) is 5.91 Å². The van der Waals surface area contributed by atoms with Crippen molar-refractivity contribution in [1.29, 1.82) is 0 Å². The number of nitrogens with zero attached hydrogens (tertiary/aromatic N) is 2. The van der Waals surface area contributed by atoms with Gasteiger partial charge in [-0.2, -0.15) is 0 Å². The molecule has 6 heteroatoms. The maximum Gasteiger partial charge on any atom is 0.328 e. The molecule has 1 aliphatic carbocycles. The number of benzene rings is 1. The lowest BCUT2D eigenvalue weighted by Crippen LogP contribution is -2.49. The number of piperidine rings is 1. The smallest absolute Gasteiger partial charge is 0.328 e. The zero-order valence-corrected chi connectivity index (χ0v) is 14.2. The Balaban J connectivity index is 1.37. The molecule has 25 heavy (non-hydrogen) atoms. The van der Waals surface area contributed by atoms with E-state index in [-0.39, 0.29) is 17.9 Å². The van der Waals surface area contributed by atoms with E-state index < -0.39 is 0 Å². The number of carbonyl (C=O) groups is 3. The highest BCUT2D eigenvalue weighted by Crippen LogP contribution is 2.52. The Morgan fingerprint density at radius 1 is 1.00 bits per heavy atom. The fourth-order valence-electron chi connectivity index (χ4n) is 4.45. The van der Waals surface area contributed by atoms with Crippen LogP contribution in [0.1, 0.15) is 32.1 Å². The molecule has 132 valence electrons. The molecule has 6 nitrogen and oxygen atoms in total. The zero-order valence-electron chi connectivity index (χ0n) is 14.2. The Morgan fingerprint density at radius 2 is 1.64 bits per heavy atom. The van der Waals surface area contributed by atoms with E-state index in [4.69, 9.17) is 0 Å². The van der Waals surface area contributed by atoms with E-state index >= 15 is 0 Å². The summed E-state index contributed by atoms with van der Waals surface area (Å²) < 4.78 is 0. The van der Waals surface area contributed by atoms with Crippen LogP contribution in [0.2, 0.25) is 0 Å². The van der Waals surface area contributed by atoms with E-state index in [2.05, 4.69) is 10.2 Å². The molecule has 3 amide bonds. The molecule has 1 aromatic rings. The fourth-order valence-corrected chi connectivity index (χ4v) is 4.45. The highest BCUT2D eigenvalue weighted by Gasteiger charge is 2.45. The summed E-state index contributed by atoms with van der Waals surface area (Å²) in [5.74, 6) is 0.0707. The summed E-state index contributed by atoms with van der Waals surface area (Å²) in [5, 5.41) is 2.35. The van der Waals surface area contributed by atoms with Crippen LogP contribution >= 0.6 is 0 Å². The van der Waals surface area contributed by atoms with Gasteiger partial charge >= 0.3 is 6.03 Å². The van der Waals surface area contributed by atoms with Crippen LogP contribution in [-0.4, -0.2) is 37.9 Å². The average Bonchev–Trinajstić information content (AvgIpc) is 2.60. The molecule has 0 aromatic heterocycles. The van der Waals surface area contributed by atoms with Crippen molar-refractivity contribution in [3.05, 3.63) is 24.3 Å². The van der Waals surface area contributed by atoms with Crippen LogP contribution in [0.4, 0.5) is 16.2 Å². The Labute approximate surface area is 147 Å². The molecule has 0 bridgehead atoms. The Kier molecular flexibility index (Phi) is 3.98. The van der Waals surface area contributed by atoms with E-state index in [1.54, 1.807) is 4.90 Å². The first kappa shape index (κ1) is 16.1. The normalized spacial score (nSPS) is 23.4. The number of carbonyl (C=O) groups excluding carboxylic acids is 3. The van der Waals surface area contributed by atoms with E-state index in [1.165, 1.54) is 5.69 Å². The largest absolute Gasteiger partial charge is 0.371 e. The van der Waals surface area contributed by atoms with E-state index in [0.29, 0.717) is 18.4 Å². The molecule has 1 spiro atoms. The number of imide groups is 1. The van der Waals surface area contributed by atoms with E-state index in [9.17, 15) is 14.4 Å². The number of nitrogens with one attached hydrogen (secondary N) is 1. The summed E-state index contributed by atoms with van der Waals surface area (Å²) in [6.07, 6.45) is 5.87. The van der Waals surface area contributed by atoms with Crippen LogP contribution in [0.3, 0.4) is 0 Å². The van der Waals surface area contributed by atoms with Crippen LogP contribution in [-0.2, 0) is 9.59 Å². The summed E-state index contributed by atoms with van der Waals surface area (Å²) in [4.78, 5) is 38.0. The molecule has 1 N–H and O–H groups in total. The van der Waals surface area contributed by atoms with Gasteiger partial charge in [0.15, 0.2) is 0 Å². The third kappa shape index (κ3) is 3.01. The third-order valence-corrected chi connectivity index (χ3v) is 5.99. The van der Waals surface area contributed by atoms with Gasteiger partial charge in [-0.1, -0.05) is 0 Å². The molecule has 1 aromatic carbocycles. The van der Waals surface area contributed by atoms with Gasteiger partial charge in [0.25, 0.3) is 0 Å². The van der Waals surface area contributed by atoms with Crippen molar-refractivity contribution in [2.45, 2.75) is 32.1 Å². The molecule has 2 aliphatic heterocycles. The van der Waals surface area contributed by atoms with Crippen LogP contribution in [0.5, 0.6) is 0 Å². The minimum Gasteiger partial charge on any atom is -0.371 e. The zero-order chi connectivity index (χ0) is 17.4. The highest BCUT2D eigenvalue weighted by atomic mass is 16.2. The third-order valence-electron chi connectivity index (χ3n) is 5.99. The van der Waals surface area contributed by atoms with Crippen molar-refractivity contribution in [3.8, 4) is 0 Å². The molecule has 3 fully saturated rings. The van der Waals surface area contributed by atoms with Crippen LogP contribution in [0.15, 0.2) is 24.3 Å². The molecule has 0 atom stereocenters. The lowest BCUT2D eigenvalue weighted by Gasteiger charge is -2.51. The van der Waals surface area contributed by atoms with Gasteiger partial charge in [0.05, 0.1) is 0 Å². The van der Waals surface area contributed by atoms with Crippen molar-refractivity contribution in [2.24, 2.45) is 11.3 Å². The number of anilines is 2. The molecule has 2 heterocycles. The monoisotopic (exact) mass is 341 g/mol. The average molecular weight is 341 g/mol.